The molecule has 0 spiro atoms. The van der Waals surface area contributed by atoms with Crippen LogP contribution in [0.3, 0.4) is 0 Å². The highest BCUT2D eigenvalue weighted by atomic mass is 16.6. The highest BCUT2D eigenvalue weighted by molar-refractivity contribution is 5.95. The molecule has 0 aromatic carbocycles. The van der Waals surface area contributed by atoms with Crippen molar-refractivity contribution in [2.24, 2.45) is 0 Å². The molecule has 8 nitrogen and oxygen atoms in total. The third-order valence-corrected chi connectivity index (χ3v) is 3.54. The summed E-state index contributed by atoms with van der Waals surface area (Å²) in [6.45, 7) is 7.33. The molecule has 134 valence electrons. The average molecular weight is 346 g/mol. The van der Waals surface area contributed by atoms with Crippen molar-refractivity contribution in [3.8, 4) is 0 Å². The van der Waals surface area contributed by atoms with Gasteiger partial charge in [0.2, 0.25) is 0 Å². The number of nitrogens with zero attached hydrogens (tertiary/aromatic N) is 3. The number of fused-ring (bicyclic) bond motifs is 1. The van der Waals surface area contributed by atoms with Gasteiger partial charge >= 0.3 is 12.1 Å². The number of hydrogen-bond acceptors (Lipinski definition) is 6. The standard InChI is InChI=1S/C17H22N4O4/c1-5-24-15(22)11-8-12(18-16(23)25-17(2,3)4)14-19-13(10-6-7-10)20-21(14)9-11/h8-10H,5-7H2,1-4H3,(H,18,23). The molecular weight excluding hydrogens is 324 g/mol. The molecule has 1 aliphatic rings. The highest BCUT2D eigenvalue weighted by Crippen LogP contribution is 2.38. The van der Waals surface area contributed by atoms with Crippen LogP contribution in [0.2, 0.25) is 0 Å². The van der Waals surface area contributed by atoms with Crippen LogP contribution in [-0.2, 0) is 9.47 Å². The zero-order chi connectivity index (χ0) is 18.2. The number of amides is 1. The smallest absolute Gasteiger partial charge is 0.412 e. The number of esters is 1. The van der Waals surface area contributed by atoms with Gasteiger partial charge in [-0.2, -0.15) is 5.10 Å². The lowest BCUT2D eigenvalue weighted by molar-refractivity contribution is 0.0524. The number of aromatic nitrogens is 3. The monoisotopic (exact) mass is 346 g/mol. The van der Waals surface area contributed by atoms with Crippen LogP contribution >= 0.6 is 0 Å². The van der Waals surface area contributed by atoms with E-state index >= 15 is 0 Å². The molecule has 1 aliphatic carbocycles. The molecule has 0 radical (unpaired) electrons. The maximum Gasteiger partial charge on any atom is 0.412 e. The van der Waals surface area contributed by atoms with E-state index in [1.807, 2.05) is 0 Å². The Kier molecular flexibility index (Phi) is 4.36. The summed E-state index contributed by atoms with van der Waals surface area (Å²) in [4.78, 5) is 28.7. The molecule has 0 saturated heterocycles. The lowest BCUT2D eigenvalue weighted by Gasteiger charge is -2.19. The Bertz CT molecular complexity index is 818. The van der Waals surface area contributed by atoms with Gasteiger partial charge in [0, 0.05) is 12.1 Å². The first-order valence-corrected chi connectivity index (χ1v) is 8.34. The molecule has 8 heteroatoms. The van der Waals surface area contributed by atoms with Gasteiger partial charge < -0.3 is 9.47 Å². The summed E-state index contributed by atoms with van der Waals surface area (Å²) >= 11 is 0. The molecule has 0 aliphatic heterocycles. The molecule has 2 aromatic rings. The molecule has 1 saturated carbocycles. The van der Waals surface area contributed by atoms with Crippen molar-refractivity contribution < 1.29 is 19.1 Å². The molecule has 1 amide bonds. The molecule has 1 N–H and O–H groups in total. The number of ether oxygens (including phenoxy) is 2. The van der Waals surface area contributed by atoms with Crippen LogP contribution in [-0.4, -0.2) is 38.9 Å². The van der Waals surface area contributed by atoms with Crippen molar-refractivity contribution in [3.63, 3.8) is 0 Å². The topological polar surface area (TPSA) is 94.8 Å². The summed E-state index contributed by atoms with van der Waals surface area (Å²) in [6.07, 6.45) is 3.05. The van der Waals surface area contributed by atoms with E-state index in [1.54, 1.807) is 33.9 Å². The second-order valence-corrected chi connectivity index (χ2v) is 7.00. The lowest BCUT2D eigenvalue weighted by Crippen LogP contribution is -2.27. The fourth-order valence-electron chi connectivity index (χ4n) is 2.35. The van der Waals surface area contributed by atoms with Gasteiger partial charge in [0.1, 0.15) is 5.60 Å². The van der Waals surface area contributed by atoms with E-state index in [-0.39, 0.29) is 12.2 Å². The number of pyridine rings is 1. The number of nitrogens with one attached hydrogen (secondary N) is 1. The molecule has 0 bridgehead atoms. The van der Waals surface area contributed by atoms with Crippen LogP contribution in [0.25, 0.3) is 5.65 Å². The van der Waals surface area contributed by atoms with Crippen molar-refractivity contribution in [2.75, 3.05) is 11.9 Å². The van der Waals surface area contributed by atoms with Crippen molar-refractivity contribution in [1.29, 1.82) is 0 Å². The Balaban J connectivity index is 1.97. The van der Waals surface area contributed by atoms with E-state index in [0.29, 0.717) is 23.1 Å². The second kappa shape index (κ2) is 6.34. The predicted octanol–water partition coefficient (Wildman–Crippen LogP) is 3.13. The van der Waals surface area contributed by atoms with Gasteiger partial charge in [-0.3, -0.25) is 5.32 Å². The first kappa shape index (κ1) is 17.2. The Morgan fingerprint density at radius 3 is 2.68 bits per heavy atom. The van der Waals surface area contributed by atoms with E-state index in [9.17, 15) is 9.59 Å². The number of anilines is 1. The summed E-state index contributed by atoms with van der Waals surface area (Å²) < 4.78 is 11.8. The largest absolute Gasteiger partial charge is 0.462 e. The number of carbonyl (C=O) groups excluding carboxylic acids is 2. The van der Waals surface area contributed by atoms with Gasteiger partial charge in [0.15, 0.2) is 11.5 Å². The lowest BCUT2D eigenvalue weighted by atomic mass is 10.2. The van der Waals surface area contributed by atoms with Gasteiger partial charge in [-0.1, -0.05) is 0 Å². The van der Waals surface area contributed by atoms with Gasteiger partial charge in [-0.25, -0.2) is 19.1 Å². The van der Waals surface area contributed by atoms with E-state index < -0.39 is 17.7 Å². The maximum atomic E-state index is 12.1. The van der Waals surface area contributed by atoms with Crippen LogP contribution in [0.1, 0.15) is 62.6 Å². The van der Waals surface area contributed by atoms with Crippen molar-refractivity contribution >= 4 is 23.4 Å². The SMILES string of the molecule is CCOC(=O)c1cc(NC(=O)OC(C)(C)C)c2nc(C3CC3)nn2c1. The zero-order valence-electron chi connectivity index (χ0n) is 14.8. The molecule has 2 heterocycles. The third-order valence-electron chi connectivity index (χ3n) is 3.54. The van der Waals surface area contributed by atoms with Crippen LogP contribution in [0.5, 0.6) is 0 Å². The Labute approximate surface area is 145 Å². The predicted molar refractivity (Wildman–Crippen MR) is 90.8 cm³/mol. The van der Waals surface area contributed by atoms with Gasteiger partial charge in [-0.05, 0) is 46.6 Å². The number of rotatable bonds is 4. The van der Waals surface area contributed by atoms with Gasteiger partial charge in [-0.15, -0.1) is 0 Å². The maximum absolute atomic E-state index is 12.1. The molecule has 2 aromatic heterocycles. The van der Waals surface area contributed by atoms with E-state index in [0.717, 1.165) is 12.8 Å². The fourth-order valence-corrected chi connectivity index (χ4v) is 2.35. The summed E-state index contributed by atoms with van der Waals surface area (Å²) in [7, 11) is 0. The second-order valence-electron chi connectivity index (χ2n) is 7.00. The Morgan fingerprint density at radius 1 is 1.36 bits per heavy atom. The molecule has 0 atom stereocenters. The first-order chi connectivity index (χ1) is 11.8. The molecule has 1 fully saturated rings. The molecular formula is C17H22N4O4. The minimum atomic E-state index is -0.633. The highest BCUT2D eigenvalue weighted by Gasteiger charge is 2.29. The summed E-state index contributed by atoms with van der Waals surface area (Å²) in [5, 5.41) is 7.09. The van der Waals surface area contributed by atoms with E-state index in [1.165, 1.54) is 10.6 Å². The summed E-state index contributed by atoms with van der Waals surface area (Å²) in [5.41, 5.74) is 0.485. The van der Waals surface area contributed by atoms with Crippen LogP contribution in [0.4, 0.5) is 10.5 Å². The zero-order valence-corrected chi connectivity index (χ0v) is 14.8. The fraction of sp³-hybridized carbons (Fsp3) is 0.529. The van der Waals surface area contributed by atoms with Crippen molar-refractivity contribution in [2.45, 2.75) is 52.1 Å². The normalized spacial score (nSPS) is 14.4. The number of hydrogen-bond donors (Lipinski definition) is 1. The van der Waals surface area contributed by atoms with Gasteiger partial charge in [0.05, 0.1) is 17.9 Å². The summed E-state index contributed by atoms with van der Waals surface area (Å²) in [5.74, 6) is 0.577. The van der Waals surface area contributed by atoms with Gasteiger partial charge in [0.25, 0.3) is 0 Å². The van der Waals surface area contributed by atoms with Crippen molar-refractivity contribution in [1.82, 2.24) is 14.6 Å². The Hall–Kier alpha value is -2.64. The Morgan fingerprint density at radius 2 is 2.08 bits per heavy atom. The molecule has 3 rings (SSSR count). The third kappa shape index (κ3) is 4.07. The van der Waals surface area contributed by atoms with Crippen LogP contribution in [0, 0.1) is 0 Å². The van der Waals surface area contributed by atoms with Crippen LogP contribution in [0.15, 0.2) is 12.3 Å². The van der Waals surface area contributed by atoms with E-state index in [2.05, 4.69) is 15.4 Å². The van der Waals surface area contributed by atoms with Crippen LogP contribution < -0.4 is 5.32 Å². The average Bonchev–Trinajstić information content (AvgIpc) is 3.25. The summed E-state index contributed by atoms with van der Waals surface area (Å²) in [6, 6.07) is 1.53. The van der Waals surface area contributed by atoms with Crippen molar-refractivity contribution in [3.05, 3.63) is 23.7 Å². The van der Waals surface area contributed by atoms with E-state index in [4.69, 9.17) is 9.47 Å². The molecule has 0 unspecified atom stereocenters. The number of carbonyl (C=O) groups is 2. The minimum absolute atomic E-state index is 0.260. The quantitative estimate of drug-likeness (QED) is 0.855. The molecule has 25 heavy (non-hydrogen) atoms. The first-order valence-electron chi connectivity index (χ1n) is 8.34. The minimum Gasteiger partial charge on any atom is -0.462 e.